The van der Waals surface area contributed by atoms with Crippen LogP contribution < -0.4 is 5.48 Å². The number of nitrogens with one attached hydrogen (secondary N) is 1. The van der Waals surface area contributed by atoms with E-state index < -0.39 is 18.5 Å². The number of furan rings is 1. The second-order valence-electron chi connectivity index (χ2n) is 2.73. The molecule has 15 heavy (non-hydrogen) atoms. The van der Waals surface area contributed by atoms with Crippen LogP contribution in [0.25, 0.3) is 0 Å². The molecule has 0 aliphatic rings. The molecule has 0 bridgehead atoms. The lowest BCUT2D eigenvalue weighted by atomic mass is 10.3. The summed E-state index contributed by atoms with van der Waals surface area (Å²) >= 11 is 0. The molecule has 82 valence electrons. The van der Waals surface area contributed by atoms with Crippen molar-refractivity contribution in [2.75, 3.05) is 6.61 Å². The number of hydroxylamine groups is 1. The predicted molar refractivity (Wildman–Crippen MR) is 49.1 cm³/mol. The van der Waals surface area contributed by atoms with Gasteiger partial charge in [0, 0.05) is 6.42 Å². The first-order valence-electron chi connectivity index (χ1n) is 4.36. The van der Waals surface area contributed by atoms with Gasteiger partial charge >= 0.3 is 11.9 Å². The zero-order chi connectivity index (χ0) is 11.3. The van der Waals surface area contributed by atoms with Gasteiger partial charge < -0.3 is 9.52 Å². The lowest BCUT2D eigenvalue weighted by Gasteiger charge is -2.00. The Morgan fingerprint density at radius 3 is 2.80 bits per heavy atom. The molecule has 0 aromatic carbocycles. The van der Waals surface area contributed by atoms with E-state index in [1.807, 2.05) is 12.4 Å². The van der Waals surface area contributed by atoms with Crippen LogP contribution in [0.3, 0.4) is 0 Å². The van der Waals surface area contributed by atoms with E-state index in [9.17, 15) is 9.59 Å². The third-order valence-electron chi connectivity index (χ3n) is 1.59. The second kappa shape index (κ2) is 5.16. The quantitative estimate of drug-likeness (QED) is 0.698. The number of aryl methyl sites for hydroxylation is 1. The summed E-state index contributed by atoms with van der Waals surface area (Å²) in [5, 5.41) is 8.24. The van der Waals surface area contributed by atoms with Crippen LogP contribution in [0.4, 0.5) is 0 Å². The number of aliphatic carboxylic acids is 1. The van der Waals surface area contributed by atoms with E-state index in [0.29, 0.717) is 12.2 Å². The SMILES string of the molecule is CCc1ccc(C(=O)NOCC(=O)O)o1. The third-order valence-corrected chi connectivity index (χ3v) is 1.59. The molecule has 1 rings (SSSR count). The fourth-order valence-corrected chi connectivity index (χ4v) is 0.904. The average Bonchev–Trinajstić information content (AvgIpc) is 2.65. The van der Waals surface area contributed by atoms with Gasteiger partial charge in [-0.3, -0.25) is 9.63 Å². The van der Waals surface area contributed by atoms with Crippen molar-refractivity contribution >= 4 is 11.9 Å². The van der Waals surface area contributed by atoms with E-state index in [4.69, 9.17) is 9.52 Å². The Morgan fingerprint density at radius 2 is 2.27 bits per heavy atom. The predicted octanol–water partition coefficient (Wildman–Crippen LogP) is 0.588. The van der Waals surface area contributed by atoms with Crippen molar-refractivity contribution in [2.24, 2.45) is 0 Å². The van der Waals surface area contributed by atoms with Gasteiger partial charge in [0.1, 0.15) is 5.76 Å². The van der Waals surface area contributed by atoms with E-state index >= 15 is 0 Å². The molecule has 0 spiro atoms. The Bertz CT molecular complexity index is 357. The van der Waals surface area contributed by atoms with Crippen LogP contribution in [-0.4, -0.2) is 23.6 Å². The molecule has 0 radical (unpaired) electrons. The molecule has 1 heterocycles. The molecule has 0 saturated carbocycles. The zero-order valence-corrected chi connectivity index (χ0v) is 8.15. The summed E-state index contributed by atoms with van der Waals surface area (Å²) in [6.07, 6.45) is 0.684. The summed E-state index contributed by atoms with van der Waals surface area (Å²) in [5.74, 6) is -0.990. The van der Waals surface area contributed by atoms with Gasteiger partial charge in [-0.25, -0.2) is 10.3 Å². The molecule has 6 nitrogen and oxygen atoms in total. The van der Waals surface area contributed by atoms with E-state index in [-0.39, 0.29) is 5.76 Å². The molecular weight excluding hydrogens is 202 g/mol. The second-order valence-corrected chi connectivity index (χ2v) is 2.73. The van der Waals surface area contributed by atoms with Crippen molar-refractivity contribution < 1.29 is 24.0 Å². The maximum absolute atomic E-state index is 11.2. The maximum atomic E-state index is 11.2. The lowest BCUT2D eigenvalue weighted by molar-refractivity contribution is -0.144. The fraction of sp³-hybridized carbons (Fsp3) is 0.333. The molecule has 0 aliphatic carbocycles. The molecule has 0 aliphatic heterocycles. The molecule has 0 fully saturated rings. The number of hydrogen-bond acceptors (Lipinski definition) is 4. The molecule has 1 aromatic heterocycles. The number of carbonyl (C=O) groups excluding carboxylic acids is 1. The van der Waals surface area contributed by atoms with Crippen LogP contribution in [0, 0.1) is 0 Å². The van der Waals surface area contributed by atoms with Gasteiger partial charge in [-0.15, -0.1) is 0 Å². The first-order valence-corrected chi connectivity index (χ1v) is 4.36. The fourth-order valence-electron chi connectivity index (χ4n) is 0.904. The molecular formula is C9H11NO5. The largest absolute Gasteiger partial charge is 0.479 e. The van der Waals surface area contributed by atoms with Gasteiger partial charge in [0.15, 0.2) is 12.4 Å². The average molecular weight is 213 g/mol. The minimum absolute atomic E-state index is 0.0947. The Balaban J connectivity index is 2.43. The van der Waals surface area contributed by atoms with Crippen LogP contribution in [0.2, 0.25) is 0 Å². The molecule has 0 saturated heterocycles. The minimum Gasteiger partial charge on any atom is -0.479 e. The Labute approximate surface area is 85.8 Å². The van der Waals surface area contributed by atoms with Crippen LogP contribution in [0.1, 0.15) is 23.2 Å². The Kier molecular flexibility index (Phi) is 3.87. The van der Waals surface area contributed by atoms with Crippen LogP contribution in [0.5, 0.6) is 0 Å². The standard InChI is InChI=1S/C9H11NO5/c1-2-6-3-4-7(15-6)9(13)10-14-5-8(11)12/h3-4H,2,5H2,1H3,(H,10,13)(H,11,12). The van der Waals surface area contributed by atoms with Gasteiger partial charge in [0.25, 0.3) is 0 Å². The first-order chi connectivity index (χ1) is 7.13. The van der Waals surface area contributed by atoms with Crippen molar-refractivity contribution in [3.63, 3.8) is 0 Å². The maximum Gasteiger partial charge on any atom is 0.332 e. The van der Waals surface area contributed by atoms with Crippen molar-refractivity contribution in [3.05, 3.63) is 23.7 Å². The highest BCUT2D eigenvalue weighted by atomic mass is 16.7. The monoisotopic (exact) mass is 213 g/mol. The Hall–Kier alpha value is -1.82. The molecule has 1 amide bonds. The molecule has 0 unspecified atom stereocenters. The normalized spacial score (nSPS) is 9.93. The van der Waals surface area contributed by atoms with Crippen molar-refractivity contribution in [1.29, 1.82) is 0 Å². The number of rotatable bonds is 5. The molecule has 2 N–H and O–H groups in total. The zero-order valence-electron chi connectivity index (χ0n) is 8.15. The summed E-state index contributed by atoms with van der Waals surface area (Å²) in [6.45, 7) is 1.30. The first kappa shape index (κ1) is 11.3. The number of hydrogen-bond donors (Lipinski definition) is 2. The van der Waals surface area contributed by atoms with Crippen molar-refractivity contribution in [2.45, 2.75) is 13.3 Å². The lowest BCUT2D eigenvalue weighted by Crippen LogP contribution is -2.26. The van der Waals surface area contributed by atoms with Gasteiger partial charge in [-0.2, -0.15) is 0 Å². The molecule has 1 aromatic rings. The van der Waals surface area contributed by atoms with Crippen LogP contribution >= 0.6 is 0 Å². The number of carbonyl (C=O) groups is 2. The van der Waals surface area contributed by atoms with Crippen molar-refractivity contribution in [3.8, 4) is 0 Å². The number of carboxylic acid groups (broad SMARTS) is 1. The van der Waals surface area contributed by atoms with E-state index in [0.717, 1.165) is 0 Å². The van der Waals surface area contributed by atoms with E-state index in [1.165, 1.54) is 6.07 Å². The highest BCUT2D eigenvalue weighted by molar-refractivity contribution is 5.90. The number of carboxylic acids is 1. The van der Waals surface area contributed by atoms with Gasteiger partial charge in [-0.1, -0.05) is 6.92 Å². The van der Waals surface area contributed by atoms with E-state index in [2.05, 4.69) is 4.84 Å². The highest BCUT2D eigenvalue weighted by Crippen LogP contribution is 2.07. The topological polar surface area (TPSA) is 88.8 Å². The summed E-state index contributed by atoms with van der Waals surface area (Å²) in [5.41, 5.74) is 1.95. The van der Waals surface area contributed by atoms with Gasteiger partial charge in [0.2, 0.25) is 0 Å². The minimum atomic E-state index is -1.16. The third kappa shape index (κ3) is 3.43. The van der Waals surface area contributed by atoms with Gasteiger partial charge in [-0.05, 0) is 12.1 Å². The summed E-state index contributed by atoms with van der Waals surface area (Å²) in [7, 11) is 0. The van der Waals surface area contributed by atoms with Crippen molar-refractivity contribution in [1.82, 2.24) is 5.48 Å². The number of amides is 1. The Morgan fingerprint density at radius 1 is 1.53 bits per heavy atom. The van der Waals surface area contributed by atoms with E-state index in [1.54, 1.807) is 6.07 Å². The summed E-state index contributed by atoms with van der Waals surface area (Å²) in [4.78, 5) is 25.7. The van der Waals surface area contributed by atoms with Crippen LogP contribution in [0.15, 0.2) is 16.5 Å². The smallest absolute Gasteiger partial charge is 0.332 e. The summed E-state index contributed by atoms with van der Waals surface area (Å²) in [6, 6.07) is 3.17. The van der Waals surface area contributed by atoms with Crippen LogP contribution in [-0.2, 0) is 16.1 Å². The highest BCUT2D eigenvalue weighted by Gasteiger charge is 2.10. The molecule has 6 heteroatoms. The molecule has 0 atom stereocenters. The van der Waals surface area contributed by atoms with Gasteiger partial charge in [0.05, 0.1) is 0 Å². The summed E-state index contributed by atoms with van der Waals surface area (Å²) < 4.78 is 5.11.